The molecule has 7 heteroatoms. The number of carbonyl (C=O) groups is 1. The summed E-state index contributed by atoms with van der Waals surface area (Å²) in [5.74, 6) is -0.0278. The van der Waals surface area contributed by atoms with Crippen molar-refractivity contribution in [2.75, 3.05) is 5.32 Å². The lowest BCUT2D eigenvalue weighted by Gasteiger charge is -2.19. The maximum absolute atomic E-state index is 11.5. The van der Waals surface area contributed by atoms with E-state index in [1.807, 2.05) is 44.2 Å². The van der Waals surface area contributed by atoms with Crippen LogP contribution < -0.4 is 5.32 Å². The predicted octanol–water partition coefficient (Wildman–Crippen LogP) is 2.31. The van der Waals surface area contributed by atoms with Crippen LogP contribution in [0.3, 0.4) is 0 Å². The zero-order valence-electron chi connectivity index (χ0n) is 12.8. The summed E-state index contributed by atoms with van der Waals surface area (Å²) in [5.41, 5.74) is 1.64. The van der Waals surface area contributed by atoms with E-state index < -0.39 is 12.0 Å². The van der Waals surface area contributed by atoms with Gasteiger partial charge in [-0.25, -0.2) is 9.78 Å². The zero-order valence-corrected chi connectivity index (χ0v) is 12.8. The van der Waals surface area contributed by atoms with E-state index in [4.69, 9.17) is 0 Å². The highest BCUT2D eigenvalue weighted by molar-refractivity contribution is 5.78. The van der Waals surface area contributed by atoms with E-state index in [9.17, 15) is 9.90 Å². The van der Waals surface area contributed by atoms with Crippen molar-refractivity contribution in [2.45, 2.75) is 19.9 Å². The molecule has 0 saturated heterocycles. The van der Waals surface area contributed by atoms with E-state index in [-0.39, 0.29) is 5.92 Å². The monoisotopic (exact) mass is 311 g/mol. The van der Waals surface area contributed by atoms with Gasteiger partial charge in [0.1, 0.15) is 18.2 Å². The van der Waals surface area contributed by atoms with Crippen LogP contribution in [-0.2, 0) is 4.79 Å². The number of rotatable bonds is 5. The van der Waals surface area contributed by atoms with Gasteiger partial charge in [0.05, 0.1) is 5.69 Å². The van der Waals surface area contributed by atoms with Gasteiger partial charge in [-0.05, 0) is 5.92 Å². The third-order valence-electron chi connectivity index (χ3n) is 3.56. The van der Waals surface area contributed by atoms with Crippen molar-refractivity contribution in [3.05, 3.63) is 42.7 Å². The van der Waals surface area contributed by atoms with Gasteiger partial charge in [-0.1, -0.05) is 44.2 Å². The molecule has 0 bridgehead atoms. The fourth-order valence-corrected chi connectivity index (χ4v) is 2.34. The van der Waals surface area contributed by atoms with Gasteiger partial charge in [0.2, 0.25) is 0 Å². The Morgan fingerprint density at radius 2 is 2.00 bits per heavy atom. The lowest BCUT2D eigenvalue weighted by Crippen LogP contribution is -2.35. The van der Waals surface area contributed by atoms with Crippen molar-refractivity contribution >= 4 is 17.6 Å². The molecule has 0 aliphatic heterocycles. The number of nitrogens with one attached hydrogen (secondary N) is 1. The van der Waals surface area contributed by atoms with Crippen LogP contribution in [-0.4, -0.2) is 36.7 Å². The van der Waals surface area contributed by atoms with E-state index in [1.54, 1.807) is 6.07 Å². The Kier molecular flexibility index (Phi) is 3.92. The topological polar surface area (TPSA) is 92.4 Å². The fraction of sp³-hybridized carbons (Fsp3) is 0.250. The average molecular weight is 311 g/mol. The summed E-state index contributed by atoms with van der Waals surface area (Å²) in [6, 6.07) is 10.7. The molecule has 0 aliphatic carbocycles. The van der Waals surface area contributed by atoms with Crippen LogP contribution in [0.5, 0.6) is 0 Å². The van der Waals surface area contributed by atoms with Crippen molar-refractivity contribution in [3.63, 3.8) is 0 Å². The molecule has 0 unspecified atom stereocenters. The Labute approximate surface area is 133 Å². The Morgan fingerprint density at radius 3 is 2.65 bits per heavy atom. The molecule has 0 radical (unpaired) electrons. The maximum Gasteiger partial charge on any atom is 0.326 e. The molecule has 118 valence electrons. The lowest BCUT2D eigenvalue weighted by atomic mass is 10.0. The first-order valence-electron chi connectivity index (χ1n) is 7.32. The molecule has 0 aliphatic rings. The van der Waals surface area contributed by atoms with Crippen LogP contribution in [0.2, 0.25) is 0 Å². The van der Waals surface area contributed by atoms with E-state index >= 15 is 0 Å². The van der Waals surface area contributed by atoms with Gasteiger partial charge in [-0.15, -0.1) is 0 Å². The summed E-state index contributed by atoms with van der Waals surface area (Å²) < 4.78 is 1.50. The first-order valence-corrected chi connectivity index (χ1v) is 7.32. The molecule has 1 atom stereocenters. The van der Waals surface area contributed by atoms with Gasteiger partial charge in [0.15, 0.2) is 0 Å². The number of aromatic nitrogens is 4. The number of benzene rings is 1. The van der Waals surface area contributed by atoms with Gasteiger partial charge in [0, 0.05) is 11.6 Å². The van der Waals surface area contributed by atoms with Gasteiger partial charge < -0.3 is 10.4 Å². The molecule has 7 nitrogen and oxygen atoms in total. The molecule has 2 aromatic heterocycles. The normalized spacial score (nSPS) is 12.5. The number of nitrogens with zero attached hydrogens (tertiary/aromatic N) is 4. The highest BCUT2D eigenvalue weighted by atomic mass is 16.4. The van der Waals surface area contributed by atoms with Crippen molar-refractivity contribution in [2.24, 2.45) is 5.92 Å². The summed E-state index contributed by atoms with van der Waals surface area (Å²) in [7, 11) is 0. The van der Waals surface area contributed by atoms with E-state index in [1.165, 1.54) is 10.8 Å². The molecule has 0 saturated carbocycles. The minimum Gasteiger partial charge on any atom is -0.480 e. The summed E-state index contributed by atoms with van der Waals surface area (Å²) >= 11 is 0. The maximum atomic E-state index is 11.5. The summed E-state index contributed by atoms with van der Waals surface area (Å²) in [6.45, 7) is 3.70. The molecule has 2 heterocycles. The van der Waals surface area contributed by atoms with Crippen molar-refractivity contribution in [3.8, 4) is 11.3 Å². The van der Waals surface area contributed by atoms with Crippen LogP contribution in [0, 0.1) is 5.92 Å². The van der Waals surface area contributed by atoms with E-state index in [0.29, 0.717) is 17.3 Å². The van der Waals surface area contributed by atoms with E-state index in [0.717, 1.165) is 5.56 Å². The second-order valence-corrected chi connectivity index (χ2v) is 5.57. The zero-order chi connectivity index (χ0) is 16.4. The minimum absolute atomic E-state index is 0.0839. The van der Waals surface area contributed by atoms with Crippen LogP contribution in [0.15, 0.2) is 42.7 Å². The molecule has 2 N–H and O–H groups in total. The van der Waals surface area contributed by atoms with Crippen LogP contribution in [0.25, 0.3) is 17.0 Å². The molecule has 0 fully saturated rings. The highest BCUT2D eigenvalue weighted by Crippen LogP contribution is 2.22. The highest BCUT2D eigenvalue weighted by Gasteiger charge is 2.23. The molecule has 3 aromatic rings. The van der Waals surface area contributed by atoms with Crippen molar-refractivity contribution in [1.29, 1.82) is 0 Å². The molecule has 1 aromatic carbocycles. The molecule has 23 heavy (non-hydrogen) atoms. The third kappa shape index (κ3) is 2.98. The predicted molar refractivity (Wildman–Crippen MR) is 86.1 cm³/mol. The SMILES string of the molecule is CC(C)[C@H](Nc1cc(-c2ccccc2)nc2ncnn12)C(=O)O. The smallest absolute Gasteiger partial charge is 0.326 e. The number of aliphatic carboxylic acids is 1. The molecule has 0 spiro atoms. The van der Waals surface area contributed by atoms with Crippen LogP contribution >= 0.6 is 0 Å². The van der Waals surface area contributed by atoms with Gasteiger partial charge in [-0.2, -0.15) is 14.6 Å². The van der Waals surface area contributed by atoms with Crippen molar-refractivity contribution in [1.82, 2.24) is 19.6 Å². The number of fused-ring (bicyclic) bond motifs is 1. The first-order chi connectivity index (χ1) is 11.1. The van der Waals surface area contributed by atoms with Crippen LogP contribution in [0.4, 0.5) is 5.82 Å². The Morgan fingerprint density at radius 1 is 1.26 bits per heavy atom. The van der Waals surface area contributed by atoms with Gasteiger partial charge >= 0.3 is 5.97 Å². The standard InChI is InChI=1S/C16H17N5O2/c1-10(2)14(15(22)23)20-13-8-12(11-6-4-3-5-7-11)19-16-17-9-18-21(13)16/h3-10,14,20H,1-2H3,(H,22,23)/t14-/m0/s1. The molecular formula is C16H17N5O2. The van der Waals surface area contributed by atoms with Gasteiger partial charge in [-0.3, -0.25) is 0 Å². The van der Waals surface area contributed by atoms with Crippen molar-refractivity contribution < 1.29 is 9.90 Å². The third-order valence-corrected chi connectivity index (χ3v) is 3.56. The summed E-state index contributed by atoms with van der Waals surface area (Å²) in [5, 5.41) is 16.5. The average Bonchev–Trinajstić information content (AvgIpc) is 3.01. The number of carboxylic acids is 1. The second-order valence-electron chi connectivity index (χ2n) is 5.57. The van der Waals surface area contributed by atoms with Gasteiger partial charge in [0.25, 0.3) is 5.78 Å². The molecule has 3 rings (SSSR count). The molecular weight excluding hydrogens is 294 g/mol. The largest absolute Gasteiger partial charge is 0.480 e. The minimum atomic E-state index is -0.911. The fourth-order valence-electron chi connectivity index (χ4n) is 2.34. The summed E-state index contributed by atoms with van der Waals surface area (Å²) in [4.78, 5) is 20.0. The first kappa shape index (κ1) is 15.0. The Balaban J connectivity index is 2.08. The number of hydrogen-bond acceptors (Lipinski definition) is 5. The number of hydrogen-bond donors (Lipinski definition) is 2. The molecule has 0 amide bonds. The quantitative estimate of drug-likeness (QED) is 0.751. The van der Waals surface area contributed by atoms with Crippen LogP contribution in [0.1, 0.15) is 13.8 Å². The second kappa shape index (κ2) is 6.04. The lowest BCUT2D eigenvalue weighted by molar-refractivity contribution is -0.138. The van der Waals surface area contributed by atoms with E-state index in [2.05, 4.69) is 20.4 Å². The Hall–Kier alpha value is -2.96. The number of carboxylic acid groups (broad SMARTS) is 1. The Bertz CT molecular complexity index is 829. The summed E-state index contributed by atoms with van der Waals surface area (Å²) in [6.07, 6.45) is 1.40. The number of anilines is 1.